The van der Waals surface area contributed by atoms with Crippen LogP contribution < -0.4 is 8.91 Å². The second kappa shape index (κ2) is 3.80. The number of alkyl halides is 3. The van der Waals surface area contributed by atoms with Crippen LogP contribution >= 0.6 is 12.2 Å². The fourth-order valence-electron chi connectivity index (χ4n) is 1.39. The van der Waals surface area contributed by atoms with E-state index in [4.69, 9.17) is 4.18 Å². The fourth-order valence-corrected chi connectivity index (χ4v) is 1.91. The molecular weight excluding hydrogens is 271 g/mol. The third-order valence-electron chi connectivity index (χ3n) is 2.19. The lowest BCUT2D eigenvalue weighted by Crippen LogP contribution is -2.04. The van der Waals surface area contributed by atoms with Gasteiger partial charge in [-0.2, -0.15) is 18.2 Å². The minimum atomic E-state index is -4.64. The SMILES string of the molecule is FC(F)(F)c1nc(-c2ccc3c(c2)NSO3)no1. The number of fused-ring (bicyclic) bond motifs is 1. The molecule has 0 atom stereocenters. The Hall–Kier alpha value is -1.90. The number of nitrogens with one attached hydrogen (secondary N) is 1. The molecule has 2 heterocycles. The van der Waals surface area contributed by atoms with Crippen LogP contribution in [0.2, 0.25) is 0 Å². The first kappa shape index (κ1) is 11.2. The van der Waals surface area contributed by atoms with Gasteiger partial charge in [0.25, 0.3) is 0 Å². The van der Waals surface area contributed by atoms with E-state index in [-0.39, 0.29) is 5.82 Å². The maximum atomic E-state index is 12.3. The summed E-state index contributed by atoms with van der Waals surface area (Å²) in [5.41, 5.74) is 1.06. The lowest BCUT2D eigenvalue weighted by Gasteiger charge is -1.98. The van der Waals surface area contributed by atoms with Crippen LogP contribution in [-0.2, 0) is 6.18 Å². The quantitative estimate of drug-likeness (QED) is 0.637. The Balaban J connectivity index is 1.98. The zero-order valence-electron chi connectivity index (χ0n) is 8.49. The Labute approximate surface area is 103 Å². The van der Waals surface area contributed by atoms with Gasteiger partial charge in [0, 0.05) is 5.56 Å². The molecule has 1 N–H and O–H groups in total. The fraction of sp³-hybridized carbons (Fsp3) is 0.111. The monoisotopic (exact) mass is 275 g/mol. The van der Waals surface area contributed by atoms with E-state index < -0.39 is 12.1 Å². The van der Waals surface area contributed by atoms with Gasteiger partial charge in [-0.25, -0.2) is 0 Å². The lowest BCUT2D eigenvalue weighted by molar-refractivity contribution is -0.159. The van der Waals surface area contributed by atoms with Gasteiger partial charge in [-0.15, -0.1) is 0 Å². The minimum absolute atomic E-state index is 0.121. The van der Waals surface area contributed by atoms with E-state index in [0.717, 1.165) is 12.2 Å². The summed E-state index contributed by atoms with van der Waals surface area (Å²) in [4.78, 5) is 3.30. The number of benzene rings is 1. The molecule has 1 aliphatic heterocycles. The molecule has 0 saturated carbocycles. The van der Waals surface area contributed by atoms with E-state index in [2.05, 4.69) is 19.4 Å². The van der Waals surface area contributed by atoms with Gasteiger partial charge in [0.15, 0.2) is 18.0 Å². The number of hydrogen-bond acceptors (Lipinski definition) is 6. The summed E-state index contributed by atoms with van der Waals surface area (Å²) in [5, 5.41) is 3.30. The van der Waals surface area contributed by atoms with Gasteiger partial charge in [0.05, 0.1) is 5.69 Å². The van der Waals surface area contributed by atoms with Gasteiger partial charge in [-0.3, -0.25) is 4.72 Å². The highest BCUT2D eigenvalue weighted by Gasteiger charge is 2.38. The van der Waals surface area contributed by atoms with Crippen molar-refractivity contribution in [3.05, 3.63) is 24.1 Å². The smallest absolute Gasteiger partial charge is 0.403 e. The van der Waals surface area contributed by atoms with Crippen LogP contribution in [0.1, 0.15) is 5.89 Å². The average Bonchev–Trinajstić information content (AvgIpc) is 2.96. The highest BCUT2D eigenvalue weighted by atomic mass is 32.2. The molecule has 0 aliphatic carbocycles. The summed E-state index contributed by atoms with van der Waals surface area (Å²) in [5.74, 6) is -0.885. The van der Waals surface area contributed by atoms with Gasteiger partial charge in [-0.05, 0) is 18.2 Å². The Morgan fingerprint density at radius 3 is 2.83 bits per heavy atom. The van der Waals surface area contributed by atoms with Crippen LogP contribution in [0.15, 0.2) is 22.7 Å². The number of halogens is 3. The van der Waals surface area contributed by atoms with Crippen LogP contribution in [-0.4, -0.2) is 10.1 Å². The van der Waals surface area contributed by atoms with Gasteiger partial charge >= 0.3 is 12.1 Å². The predicted molar refractivity (Wildman–Crippen MR) is 56.6 cm³/mol. The summed E-state index contributed by atoms with van der Waals surface area (Å²) in [6.07, 6.45) is -4.64. The summed E-state index contributed by atoms with van der Waals surface area (Å²) >= 11 is 1.02. The van der Waals surface area contributed by atoms with Crippen molar-refractivity contribution in [1.82, 2.24) is 10.1 Å². The van der Waals surface area contributed by atoms with Crippen molar-refractivity contribution in [2.75, 3.05) is 4.72 Å². The maximum Gasteiger partial charge on any atom is 0.471 e. The van der Waals surface area contributed by atoms with E-state index in [0.29, 0.717) is 17.0 Å². The molecule has 1 aliphatic rings. The Morgan fingerprint density at radius 1 is 1.28 bits per heavy atom. The van der Waals surface area contributed by atoms with Gasteiger partial charge in [0.1, 0.15) is 0 Å². The number of anilines is 1. The molecule has 0 bridgehead atoms. The Morgan fingerprint density at radius 2 is 2.11 bits per heavy atom. The molecule has 0 unspecified atom stereocenters. The van der Waals surface area contributed by atoms with Crippen molar-refractivity contribution in [3.8, 4) is 17.1 Å². The number of hydrogen-bond donors (Lipinski definition) is 1. The number of nitrogens with zero attached hydrogens (tertiary/aromatic N) is 2. The van der Waals surface area contributed by atoms with Gasteiger partial charge < -0.3 is 8.71 Å². The third-order valence-corrected chi connectivity index (χ3v) is 2.76. The predicted octanol–water partition coefficient (Wildman–Crippen LogP) is 3.12. The van der Waals surface area contributed by atoms with Gasteiger partial charge in [0.2, 0.25) is 5.82 Å². The molecule has 3 rings (SSSR count). The number of aromatic nitrogens is 2. The van der Waals surface area contributed by atoms with Crippen molar-refractivity contribution in [2.45, 2.75) is 6.18 Å². The Bertz CT molecular complexity index is 599. The molecule has 0 amide bonds. The first-order valence-corrected chi connectivity index (χ1v) is 5.43. The maximum absolute atomic E-state index is 12.3. The van der Waals surface area contributed by atoms with E-state index >= 15 is 0 Å². The molecule has 2 aromatic rings. The first-order chi connectivity index (χ1) is 8.54. The van der Waals surface area contributed by atoms with Crippen LogP contribution in [0, 0.1) is 0 Å². The van der Waals surface area contributed by atoms with Crippen LogP contribution in [0.4, 0.5) is 18.9 Å². The lowest BCUT2D eigenvalue weighted by atomic mass is 10.2. The van der Waals surface area contributed by atoms with E-state index in [9.17, 15) is 13.2 Å². The van der Waals surface area contributed by atoms with Crippen molar-refractivity contribution in [3.63, 3.8) is 0 Å². The number of rotatable bonds is 1. The third kappa shape index (κ3) is 1.86. The van der Waals surface area contributed by atoms with Crippen LogP contribution in [0.3, 0.4) is 0 Å². The van der Waals surface area contributed by atoms with E-state index in [1.165, 1.54) is 0 Å². The molecule has 0 radical (unpaired) electrons. The van der Waals surface area contributed by atoms with Crippen molar-refractivity contribution >= 4 is 17.9 Å². The van der Waals surface area contributed by atoms with Crippen LogP contribution in [0.5, 0.6) is 5.75 Å². The van der Waals surface area contributed by atoms with Gasteiger partial charge in [-0.1, -0.05) is 5.16 Å². The second-order valence-electron chi connectivity index (χ2n) is 3.40. The molecule has 0 fully saturated rings. The highest BCUT2D eigenvalue weighted by molar-refractivity contribution is 7.96. The average molecular weight is 275 g/mol. The zero-order chi connectivity index (χ0) is 12.8. The highest BCUT2D eigenvalue weighted by Crippen LogP contribution is 2.38. The van der Waals surface area contributed by atoms with E-state index in [1.807, 2.05) is 0 Å². The summed E-state index contributed by atoms with van der Waals surface area (Å²) in [7, 11) is 0. The standard InChI is InChI=1S/C9H4F3N3O2S/c10-9(11,12)8-13-7(14-16-8)4-1-2-6-5(3-4)15-18-17-6/h1-3,15H. The van der Waals surface area contributed by atoms with Crippen molar-refractivity contribution in [1.29, 1.82) is 0 Å². The Kier molecular flexibility index (Phi) is 2.37. The molecule has 1 aromatic heterocycles. The van der Waals surface area contributed by atoms with Crippen LogP contribution in [0.25, 0.3) is 11.4 Å². The molecule has 0 spiro atoms. The molecule has 94 valence electrons. The molecule has 1 aromatic carbocycles. The molecule has 9 heteroatoms. The first-order valence-electron chi connectivity index (χ1n) is 4.69. The topological polar surface area (TPSA) is 60.2 Å². The van der Waals surface area contributed by atoms with Crippen molar-refractivity contribution < 1.29 is 21.9 Å². The summed E-state index contributed by atoms with van der Waals surface area (Å²) < 4.78 is 49.0. The minimum Gasteiger partial charge on any atom is -0.403 e. The summed E-state index contributed by atoms with van der Waals surface area (Å²) in [6, 6.07) is 4.75. The second-order valence-corrected chi connectivity index (χ2v) is 3.94. The molecule has 0 saturated heterocycles. The molecular formula is C9H4F3N3O2S. The van der Waals surface area contributed by atoms with Crippen molar-refractivity contribution in [2.24, 2.45) is 0 Å². The zero-order valence-corrected chi connectivity index (χ0v) is 9.30. The normalized spacial score (nSPS) is 13.9. The summed E-state index contributed by atoms with van der Waals surface area (Å²) in [6.45, 7) is 0. The van der Waals surface area contributed by atoms with E-state index in [1.54, 1.807) is 18.2 Å². The largest absolute Gasteiger partial charge is 0.471 e. The molecule has 5 nitrogen and oxygen atoms in total. The molecule has 18 heavy (non-hydrogen) atoms.